The third kappa shape index (κ3) is 2.17. The van der Waals surface area contributed by atoms with Crippen LogP contribution < -0.4 is 4.90 Å². The van der Waals surface area contributed by atoms with Crippen molar-refractivity contribution in [2.75, 3.05) is 7.05 Å². The maximum atomic E-state index is 5.89. The summed E-state index contributed by atoms with van der Waals surface area (Å²) in [6, 6.07) is 7.74. The van der Waals surface area contributed by atoms with Gasteiger partial charge in [0.05, 0.1) is 12.6 Å². The number of halogens is 1. The highest BCUT2D eigenvalue weighted by atomic mass is 35.5. The molecule has 1 aromatic rings. The lowest BCUT2D eigenvalue weighted by Gasteiger charge is -2.39. The molecule has 1 N–H and O–H groups in total. The fourth-order valence-corrected chi connectivity index (χ4v) is 2.01. The highest BCUT2D eigenvalue weighted by Gasteiger charge is 2.42. The molecule has 1 aliphatic rings. The van der Waals surface area contributed by atoms with E-state index in [-0.39, 0.29) is 11.8 Å². The smallest absolute Gasteiger partial charge is 0.283 e. The zero-order valence-electron chi connectivity index (χ0n) is 10.6. The Morgan fingerprint density at radius 2 is 1.88 bits per heavy atom. The minimum absolute atomic E-state index is 0.0252. The Labute approximate surface area is 107 Å². The fraction of sp³-hybridized carbons (Fsp3) is 0.462. The van der Waals surface area contributed by atoms with Gasteiger partial charge < -0.3 is 4.84 Å². The summed E-state index contributed by atoms with van der Waals surface area (Å²) in [5, 5.41) is 4.91. The first kappa shape index (κ1) is 12.4. The van der Waals surface area contributed by atoms with Crippen LogP contribution in [0.1, 0.15) is 32.6 Å². The molecule has 0 saturated carbocycles. The third-order valence-corrected chi connectivity index (χ3v) is 4.00. The maximum absolute atomic E-state index is 5.89. The summed E-state index contributed by atoms with van der Waals surface area (Å²) < 4.78 is 0. The van der Waals surface area contributed by atoms with Crippen molar-refractivity contribution >= 4 is 17.3 Å². The van der Waals surface area contributed by atoms with Gasteiger partial charge in [0.15, 0.2) is 0 Å². The second-order valence-electron chi connectivity index (χ2n) is 5.02. The predicted octanol–water partition coefficient (Wildman–Crippen LogP) is 2.04. The summed E-state index contributed by atoms with van der Waals surface area (Å²) in [7, 11) is 2.12. The van der Waals surface area contributed by atoms with E-state index < -0.39 is 0 Å². The maximum Gasteiger partial charge on any atom is 0.283 e. The number of benzene rings is 1. The van der Waals surface area contributed by atoms with Crippen LogP contribution in [0.4, 0.5) is 0 Å². The molecule has 2 atom stereocenters. The molecule has 2 rings (SSSR count). The van der Waals surface area contributed by atoms with Crippen LogP contribution in [0.15, 0.2) is 29.4 Å². The molecule has 0 amide bonds. The number of nitrogens with one attached hydrogen (secondary N) is 1. The van der Waals surface area contributed by atoms with Crippen molar-refractivity contribution in [2.24, 2.45) is 5.16 Å². The molecule has 0 saturated heterocycles. The van der Waals surface area contributed by atoms with E-state index in [0.29, 0.717) is 0 Å². The van der Waals surface area contributed by atoms with Crippen molar-refractivity contribution in [3.8, 4) is 0 Å². The van der Waals surface area contributed by atoms with Crippen LogP contribution in [-0.4, -0.2) is 18.3 Å². The topological polar surface area (TPSA) is 26.0 Å². The largest absolute Gasteiger partial charge is 0.333 e. The zero-order chi connectivity index (χ0) is 12.6. The lowest BCUT2D eigenvalue weighted by molar-refractivity contribution is -0.975. The van der Waals surface area contributed by atoms with Crippen LogP contribution in [0.2, 0.25) is 5.02 Å². The number of nitrogens with zero attached hydrogens (tertiary/aromatic N) is 1. The molecule has 1 unspecified atom stereocenters. The van der Waals surface area contributed by atoms with E-state index in [2.05, 4.69) is 26.1 Å². The quantitative estimate of drug-likeness (QED) is 0.815. The molecule has 1 heterocycles. The molecule has 0 aromatic heterocycles. The molecule has 0 radical (unpaired) electrons. The van der Waals surface area contributed by atoms with Crippen molar-refractivity contribution in [1.82, 2.24) is 0 Å². The van der Waals surface area contributed by atoms with Gasteiger partial charge in [0.2, 0.25) is 0 Å². The van der Waals surface area contributed by atoms with Crippen molar-refractivity contribution < 1.29 is 9.74 Å². The lowest BCUT2D eigenvalue weighted by Crippen LogP contribution is -3.19. The molecule has 4 heteroatoms. The highest BCUT2D eigenvalue weighted by molar-refractivity contribution is 6.30. The average Bonchev–Trinajstić information content (AvgIpc) is 2.29. The Morgan fingerprint density at radius 1 is 1.29 bits per heavy atom. The first-order valence-electron chi connectivity index (χ1n) is 5.73. The van der Waals surface area contributed by atoms with E-state index in [1.807, 2.05) is 31.2 Å². The van der Waals surface area contributed by atoms with Crippen LogP contribution in [-0.2, 0) is 4.84 Å². The molecule has 17 heavy (non-hydrogen) atoms. The molecule has 1 aromatic carbocycles. The van der Waals surface area contributed by atoms with E-state index in [4.69, 9.17) is 16.4 Å². The summed E-state index contributed by atoms with van der Waals surface area (Å²) in [6.07, 6.45) is -0.0778. The lowest BCUT2D eigenvalue weighted by atomic mass is 9.95. The molecular formula is C13H18ClN2O+. The molecule has 0 spiro atoms. The van der Waals surface area contributed by atoms with E-state index in [1.165, 1.54) is 4.90 Å². The normalized spacial score (nSPS) is 27.2. The van der Waals surface area contributed by atoms with Gasteiger partial charge in [0, 0.05) is 5.02 Å². The van der Waals surface area contributed by atoms with Crippen LogP contribution in [0, 0.1) is 0 Å². The minimum Gasteiger partial charge on any atom is -0.333 e. The minimum atomic E-state index is -0.0778. The fourth-order valence-electron chi connectivity index (χ4n) is 1.89. The number of quaternary nitrogens is 1. The standard InChI is InChI=1S/C13H17ClN2O/c1-9-13(2,3)16(4)12(17-15-9)10-5-7-11(14)8-6-10/h5-8,12H,1-4H3/p+1/t12-/m0/s1. The summed E-state index contributed by atoms with van der Waals surface area (Å²) >= 11 is 5.89. The van der Waals surface area contributed by atoms with Crippen molar-refractivity contribution in [2.45, 2.75) is 32.5 Å². The van der Waals surface area contributed by atoms with E-state index in [9.17, 15) is 0 Å². The monoisotopic (exact) mass is 253 g/mol. The molecule has 0 fully saturated rings. The molecule has 0 bridgehead atoms. The van der Waals surface area contributed by atoms with Gasteiger partial charge in [0.1, 0.15) is 11.3 Å². The van der Waals surface area contributed by atoms with Gasteiger partial charge in [-0.2, -0.15) is 0 Å². The number of rotatable bonds is 1. The van der Waals surface area contributed by atoms with Gasteiger partial charge in [-0.1, -0.05) is 16.8 Å². The average molecular weight is 254 g/mol. The van der Waals surface area contributed by atoms with Gasteiger partial charge in [-0.15, -0.1) is 0 Å². The predicted molar refractivity (Wildman–Crippen MR) is 69.4 cm³/mol. The molecule has 3 nitrogen and oxygen atoms in total. The number of hydrogen-bond donors (Lipinski definition) is 1. The van der Waals surface area contributed by atoms with Crippen LogP contribution in [0.5, 0.6) is 0 Å². The Balaban J connectivity index is 2.33. The summed E-state index contributed by atoms with van der Waals surface area (Å²) in [5.74, 6) is 0. The SMILES string of the molecule is CC1=NO[C@@H](c2ccc(Cl)cc2)[NH+](C)C1(C)C. The first-order valence-corrected chi connectivity index (χ1v) is 6.11. The van der Waals surface area contributed by atoms with E-state index >= 15 is 0 Å². The summed E-state index contributed by atoms with van der Waals surface area (Å²) in [4.78, 5) is 6.84. The first-order chi connectivity index (χ1) is 7.93. The zero-order valence-corrected chi connectivity index (χ0v) is 11.4. The molecule has 92 valence electrons. The third-order valence-electron chi connectivity index (χ3n) is 3.75. The second kappa shape index (κ2) is 4.31. The van der Waals surface area contributed by atoms with Crippen molar-refractivity contribution in [1.29, 1.82) is 0 Å². The summed E-state index contributed by atoms with van der Waals surface area (Å²) in [6.45, 7) is 6.35. The van der Waals surface area contributed by atoms with Gasteiger partial charge in [0.25, 0.3) is 6.23 Å². The van der Waals surface area contributed by atoms with E-state index in [1.54, 1.807) is 0 Å². The Bertz CT molecular complexity index is 439. The van der Waals surface area contributed by atoms with Gasteiger partial charge in [-0.25, -0.2) is 0 Å². The number of oxime groups is 1. The van der Waals surface area contributed by atoms with Crippen molar-refractivity contribution in [3.05, 3.63) is 34.9 Å². The number of hydrogen-bond acceptors (Lipinski definition) is 2. The Morgan fingerprint density at radius 3 is 2.47 bits per heavy atom. The summed E-state index contributed by atoms with van der Waals surface area (Å²) in [5.41, 5.74) is 2.08. The van der Waals surface area contributed by atoms with Crippen LogP contribution >= 0.6 is 11.6 Å². The van der Waals surface area contributed by atoms with Crippen LogP contribution in [0.25, 0.3) is 0 Å². The highest BCUT2D eigenvalue weighted by Crippen LogP contribution is 2.20. The Hall–Kier alpha value is -1.06. The second-order valence-corrected chi connectivity index (χ2v) is 5.46. The molecular weight excluding hydrogens is 236 g/mol. The van der Waals surface area contributed by atoms with Gasteiger partial charge in [-0.3, -0.25) is 4.90 Å². The Kier molecular flexibility index (Phi) is 3.15. The van der Waals surface area contributed by atoms with Gasteiger partial charge in [-0.05, 0) is 45.0 Å². The molecule has 1 aliphatic heterocycles. The van der Waals surface area contributed by atoms with Crippen molar-refractivity contribution in [3.63, 3.8) is 0 Å². The van der Waals surface area contributed by atoms with Gasteiger partial charge >= 0.3 is 0 Å². The van der Waals surface area contributed by atoms with E-state index in [0.717, 1.165) is 16.3 Å². The molecule has 0 aliphatic carbocycles. The van der Waals surface area contributed by atoms with Crippen LogP contribution in [0.3, 0.4) is 0 Å².